The van der Waals surface area contributed by atoms with Crippen molar-refractivity contribution in [3.8, 4) is 0 Å². The second-order valence-electron chi connectivity index (χ2n) is 5.93. The van der Waals surface area contributed by atoms with Crippen molar-refractivity contribution >= 4 is 5.91 Å². The van der Waals surface area contributed by atoms with Gasteiger partial charge >= 0.3 is 0 Å². The fourth-order valence-corrected chi connectivity index (χ4v) is 2.98. The van der Waals surface area contributed by atoms with Crippen LogP contribution in [-0.4, -0.2) is 65.3 Å². The normalized spacial score (nSPS) is 17.3. The molecule has 0 saturated carbocycles. The van der Waals surface area contributed by atoms with Gasteiger partial charge in [0.2, 0.25) is 5.91 Å². The number of amides is 1. The van der Waals surface area contributed by atoms with Crippen LogP contribution in [0.15, 0.2) is 0 Å². The van der Waals surface area contributed by atoms with Crippen LogP contribution in [0.2, 0.25) is 0 Å². The summed E-state index contributed by atoms with van der Waals surface area (Å²) in [6.07, 6.45) is 0. The van der Waals surface area contributed by atoms with E-state index in [2.05, 4.69) is 29.2 Å². The summed E-state index contributed by atoms with van der Waals surface area (Å²) >= 11 is 0. The second-order valence-corrected chi connectivity index (χ2v) is 5.93. The fourth-order valence-electron chi connectivity index (χ4n) is 2.98. The number of carbonyl (C=O) groups excluding carboxylic acids is 1. The highest BCUT2D eigenvalue weighted by atomic mass is 16.2. The Labute approximate surface area is 127 Å². The van der Waals surface area contributed by atoms with Crippen LogP contribution >= 0.6 is 0 Å². The maximum atomic E-state index is 12.4. The number of piperazine rings is 1. The molecule has 1 aliphatic rings. The lowest BCUT2D eigenvalue weighted by Gasteiger charge is -2.31. The number of aryl methyl sites for hydroxylation is 2. The van der Waals surface area contributed by atoms with Crippen molar-refractivity contribution in [1.82, 2.24) is 24.9 Å². The summed E-state index contributed by atoms with van der Waals surface area (Å²) in [5.74, 6) is 0.213. The first-order chi connectivity index (χ1) is 9.91. The maximum absolute atomic E-state index is 12.4. The van der Waals surface area contributed by atoms with Crippen LogP contribution < -0.4 is 5.32 Å². The molecule has 0 spiro atoms. The Morgan fingerprint density at radius 2 is 2.00 bits per heavy atom. The van der Waals surface area contributed by atoms with E-state index >= 15 is 0 Å². The Balaban J connectivity index is 2.02. The van der Waals surface area contributed by atoms with Crippen molar-refractivity contribution < 1.29 is 4.79 Å². The van der Waals surface area contributed by atoms with E-state index in [1.165, 1.54) is 11.3 Å². The first-order valence-corrected chi connectivity index (χ1v) is 7.60. The Kier molecular flexibility index (Phi) is 5.00. The first-order valence-electron chi connectivity index (χ1n) is 7.60. The van der Waals surface area contributed by atoms with Gasteiger partial charge in [-0.3, -0.25) is 14.4 Å². The van der Waals surface area contributed by atoms with E-state index in [1.54, 1.807) is 0 Å². The molecule has 1 saturated heterocycles. The summed E-state index contributed by atoms with van der Waals surface area (Å²) in [5.41, 5.74) is 3.44. The molecule has 1 amide bonds. The van der Waals surface area contributed by atoms with E-state index in [0.29, 0.717) is 6.54 Å². The van der Waals surface area contributed by atoms with Crippen LogP contribution in [0, 0.1) is 13.8 Å². The number of rotatable bonds is 4. The van der Waals surface area contributed by atoms with Crippen LogP contribution in [-0.2, 0) is 11.8 Å². The van der Waals surface area contributed by atoms with Gasteiger partial charge in [0.25, 0.3) is 0 Å². The second kappa shape index (κ2) is 6.58. The SMILES string of the molecule is Cc1nn(C)c(C)c1C(C)N(C)CC(=O)N1CCNCC1. The Bertz CT molecular complexity index is 504. The fraction of sp³-hybridized carbons (Fsp3) is 0.733. The molecule has 2 rings (SSSR count). The molecule has 0 radical (unpaired) electrons. The first kappa shape index (κ1) is 16.0. The smallest absolute Gasteiger partial charge is 0.236 e. The molecule has 0 bridgehead atoms. The van der Waals surface area contributed by atoms with Gasteiger partial charge in [-0.2, -0.15) is 5.10 Å². The molecule has 1 aromatic rings. The summed E-state index contributed by atoms with van der Waals surface area (Å²) < 4.78 is 1.91. The molecule has 6 heteroatoms. The number of aromatic nitrogens is 2. The minimum atomic E-state index is 0.186. The third-order valence-electron chi connectivity index (χ3n) is 4.50. The number of nitrogens with one attached hydrogen (secondary N) is 1. The highest BCUT2D eigenvalue weighted by molar-refractivity contribution is 5.78. The number of hydrogen-bond acceptors (Lipinski definition) is 4. The molecule has 0 aliphatic carbocycles. The van der Waals surface area contributed by atoms with E-state index in [0.717, 1.165) is 31.9 Å². The standard InChI is InChI=1S/C15H27N5O/c1-11-15(13(3)19(5)17-11)12(2)18(4)10-14(21)20-8-6-16-7-9-20/h12,16H,6-10H2,1-5H3. The van der Waals surface area contributed by atoms with Crippen LogP contribution in [0.1, 0.15) is 29.9 Å². The highest BCUT2D eigenvalue weighted by Crippen LogP contribution is 2.25. The third kappa shape index (κ3) is 3.44. The molecule has 6 nitrogen and oxygen atoms in total. The van der Waals surface area contributed by atoms with Crippen LogP contribution in [0.4, 0.5) is 0 Å². The van der Waals surface area contributed by atoms with E-state index in [1.807, 2.05) is 30.6 Å². The molecule has 1 aromatic heterocycles. The average molecular weight is 293 g/mol. The zero-order chi connectivity index (χ0) is 15.6. The van der Waals surface area contributed by atoms with Crippen molar-refractivity contribution in [3.05, 3.63) is 17.0 Å². The van der Waals surface area contributed by atoms with Gasteiger partial charge in [0.15, 0.2) is 0 Å². The zero-order valence-electron chi connectivity index (χ0n) is 13.8. The molecule has 1 N–H and O–H groups in total. The largest absolute Gasteiger partial charge is 0.339 e. The van der Waals surface area contributed by atoms with Crippen LogP contribution in [0.25, 0.3) is 0 Å². The zero-order valence-corrected chi connectivity index (χ0v) is 13.8. The highest BCUT2D eigenvalue weighted by Gasteiger charge is 2.24. The number of hydrogen-bond donors (Lipinski definition) is 1. The van der Waals surface area contributed by atoms with Gasteiger partial charge in [-0.1, -0.05) is 0 Å². The maximum Gasteiger partial charge on any atom is 0.236 e. The topological polar surface area (TPSA) is 53.4 Å². The predicted octanol–water partition coefficient (Wildman–Crippen LogP) is 0.462. The summed E-state index contributed by atoms with van der Waals surface area (Å²) in [6, 6.07) is 0.186. The van der Waals surface area contributed by atoms with Crippen molar-refractivity contribution in [1.29, 1.82) is 0 Å². The molecule has 0 aromatic carbocycles. The van der Waals surface area contributed by atoms with Crippen molar-refractivity contribution in [2.45, 2.75) is 26.8 Å². The molecule has 1 unspecified atom stereocenters. The summed E-state index contributed by atoms with van der Waals surface area (Å²) in [5, 5.41) is 7.74. The number of nitrogens with zero attached hydrogens (tertiary/aromatic N) is 4. The molecular formula is C15H27N5O. The van der Waals surface area contributed by atoms with Crippen molar-refractivity contribution in [3.63, 3.8) is 0 Å². The quantitative estimate of drug-likeness (QED) is 0.876. The lowest BCUT2D eigenvalue weighted by atomic mass is 10.1. The van der Waals surface area contributed by atoms with Gasteiger partial charge < -0.3 is 10.2 Å². The minimum Gasteiger partial charge on any atom is -0.339 e. The van der Waals surface area contributed by atoms with Gasteiger partial charge in [-0.05, 0) is 27.8 Å². The van der Waals surface area contributed by atoms with Gasteiger partial charge in [0.05, 0.1) is 12.2 Å². The lowest BCUT2D eigenvalue weighted by Crippen LogP contribution is -2.49. The average Bonchev–Trinajstić information content (AvgIpc) is 2.72. The molecule has 1 aliphatic heterocycles. The third-order valence-corrected chi connectivity index (χ3v) is 4.50. The van der Waals surface area contributed by atoms with Crippen LogP contribution in [0.5, 0.6) is 0 Å². The van der Waals surface area contributed by atoms with E-state index < -0.39 is 0 Å². The Morgan fingerprint density at radius 3 is 2.52 bits per heavy atom. The monoisotopic (exact) mass is 293 g/mol. The lowest BCUT2D eigenvalue weighted by molar-refractivity contribution is -0.133. The van der Waals surface area contributed by atoms with Gasteiger partial charge in [0.1, 0.15) is 0 Å². The van der Waals surface area contributed by atoms with Gasteiger partial charge in [-0.15, -0.1) is 0 Å². The van der Waals surface area contributed by atoms with Crippen molar-refractivity contribution in [2.24, 2.45) is 7.05 Å². The van der Waals surface area contributed by atoms with E-state index in [4.69, 9.17) is 0 Å². The number of likely N-dealkylation sites (N-methyl/N-ethyl adjacent to an activating group) is 1. The predicted molar refractivity (Wildman–Crippen MR) is 83.2 cm³/mol. The van der Waals surface area contributed by atoms with Crippen molar-refractivity contribution in [2.75, 3.05) is 39.8 Å². The number of carbonyl (C=O) groups is 1. The van der Waals surface area contributed by atoms with Crippen LogP contribution in [0.3, 0.4) is 0 Å². The summed E-state index contributed by atoms with van der Waals surface area (Å²) in [7, 11) is 3.97. The van der Waals surface area contributed by atoms with Gasteiger partial charge in [0, 0.05) is 50.5 Å². The molecule has 118 valence electrons. The molecular weight excluding hydrogens is 266 g/mol. The molecule has 1 atom stereocenters. The Morgan fingerprint density at radius 1 is 1.38 bits per heavy atom. The molecule has 2 heterocycles. The molecule has 21 heavy (non-hydrogen) atoms. The van der Waals surface area contributed by atoms with E-state index in [-0.39, 0.29) is 11.9 Å². The summed E-state index contributed by atoms with van der Waals surface area (Å²) in [4.78, 5) is 16.4. The minimum absolute atomic E-state index is 0.186. The summed E-state index contributed by atoms with van der Waals surface area (Å²) in [6.45, 7) is 10.1. The Hall–Kier alpha value is -1.40. The van der Waals surface area contributed by atoms with E-state index in [9.17, 15) is 4.79 Å². The van der Waals surface area contributed by atoms with Gasteiger partial charge in [-0.25, -0.2) is 0 Å². The molecule has 1 fully saturated rings.